The number of unbranched alkanes of at least 4 members (excludes halogenated alkanes) is 65. The molecule has 0 rings (SSSR count). The van der Waals surface area contributed by atoms with Crippen LogP contribution in [0.4, 0.5) is 0 Å². The third-order valence-electron chi connectivity index (χ3n) is 19.1. The largest absolute Gasteiger partial charge is 0.466 e. The highest BCUT2D eigenvalue weighted by Crippen LogP contribution is 2.20. The van der Waals surface area contributed by atoms with Crippen molar-refractivity contribution in [3.05, 3.63) is 12.2 Å². The number of esters is 1. The van der Waals surface area contributed by atoms with Gasteiger partial charge in [0.2, 0.25) is 5.91 Å². The summed E-state index contributed by atoms with van der Waals surface area (Å²) in [7, 11) is 0. The van der Waals surface area contributed by atoms with Gasteiger partial charge in [-0.15, -0.1) is 0 Å². The van der Waals surface area contributed by atoms with E-state index in [1.54, 1.807) is 6.08 Å². The molecule has 0 bridgehead atoms. The second kappa shape index (κ2) is 76.1. The van der Waals surface area contributed by atoms with E-state index < -0.39 is 12.1 Å². The Kier molecular flexibility index (Phi) is 74.8. The van der Waals surface area contributed by atoms with E-state index in [-0.39, 0.29) is 18.5 Å². The van der Waals surface area contributed by atoms with Gasteiger partial charge in [-0.25, -0.2) is 0 Å². The van der Waals surface area contributed by atoms with E-state index in [4.69, 9.17) is 4.74 Å². The third kappa shape index (κ3) is 71.7. The first-order chi connectivity index (χ1) is 42.5. The first-order valence-electron chi connectivity index (χ1n) is 40.0. The van der Waals surface area contributed by atoms with Crippen LogP contribution in [0.25, 0.3) is 0 Å². The summed E-state index contributed by atoms with van der Waals surface area (Å²) in [6.07, 6.45) is 96.3. The molecule has 0 aliphatic rings. The van der Waals surface area contributed by atoms with Crippen molar-refractivity contribution in [2.75, 3.05) is 13.2 Å². The van der Waals surface area contributed by atoms with Gasteiger partial charge in [0.15, 0.2) is 0 Å². The number of carbonyl (C=O) groups excluding carboxylic acids is 2. The number of carbonyl (C=O) groups is 2. The molecule has 0 aromatic carbocycles. The maximum atomic E-state index is 12.5. The zero-order chi connectivity index (χ0) is 62.0. The van der Waals surface area contributed by atoms with Crippen molar-refractivity contribution in [3.8, 4) is 0 Å². The van der Waals surface area contributed by atoms with Gasteiger partial charge in [-0.2, -0.15) is 0 Å². The highest BCUT2D eigenvalue weighted by atomic mass is 16.5. The summed E-state index contributed by atoms with van der Waals surface area (Å²) < 4.78 is 5.51. The van der Waals surface area contributed by atoms with Crippen LogP contribution in [-0.4, -0.2) is 47.4 Å². The highest BCUT2D eigenvalue weighted by Gasteiger charge is 2.18. The summed E-state index contributed by atoms with van der Waals surface area (Å²) in [5.41, 5.74) is 0. The summed E-state index contributed by atoms with van der Waals surface area (Å²) in [6, 6.07) is -0.624. The molecule has 0 aliphatic heterocycles. The number of amides is 1. The number of hydrogen-bond donors (Lipinski definition) is 3. The fourth-order valence-corrected chi connectivity index (χ4v) is 13.0. The molecule has 0 aliphatic carbocycles. The molecule has 0 saturated heterocycles. The number of allylic oxidation sites excluding steroid dienone is 1. The SMILES string of the molecule is CCCCCCCCCCCCCCCCCCCCC/C=C/C(O)C(CO)NC(=O)CCCCCCCCCCCCCCCCCCCCCCCCCCCCCCCCCCCOC(=O)CCCCCCCCCCCCCCCCC. The fourth-order valence-electron chi connectivity index (χ4n) is 13.0. The molecular weight excluding hydrogens is 1050 g/mol. The molecule has 6 nitrogen and oxygen atoms in total. The summed E-state index contributed by atoms with van der Waals surface area (Å²) in [6.45, 7) is 4.97. The molecular formula is C80H157NO5. The van der Waals surface area contributed by atoms with Gasteiger partial charge < -0.3 is 20.3 Å². The van der Waals surface area contributed by atoms with Crippen molar-refractivity contribution in [2.45, 2.75) is 475 Å². The van der Waals surface area contributed by atoms with E-state index in [9.17, 15) is 19.8 Å². The van der Waals surface area contributed by atoms with Crippen LogP contribution in [-0.2, 0) is 14.3 Å². The van der Waals surface area contributed by atoms with Gasteiger partial charge in [0, 0.05) is 12.8 Å². The predicted molar refractivity (Wildman–Crippen MR) is 380 cm³/mol. The molecule has 0 saturated carbocycles. The minimum Gasteiger partial charge on any atom is -0.466 e. The fraction of sp³-hybridized carbons (Fsp3) is 0.950. The van der Waals surface area contributed by atoms with E-state index in [0.29, 0.717) is 19.4 Å². The standard InChI is InChI=1S/C80H157NO5/c1-3-5-7-9-11-13-15-17-19-20-21-35-38-41-45-48-52-56-60-64-68-72-78(83)77(76-82)81-79(84)73-69-65-61-57-53-49-46-42-39-36-33-31-29-27-25-23-22-24-26-28-30-32-34-37-40-43-47-51-55-59-63-67-71-75-86-80(85)74-70-66-62-58-54-50-44-18-16-14-12-10-8-6-4-2/h68,72,77-78,82-83H,3-67,69-71,73-76H2,1-2H3,(H,81,84)/b72-68+. The lowest BCUT2D eigenvalue weighted by Crippen LogP contribution is -2.45. The van der Waals surface area contributed by atoms with Crippen molar-refractivity contribution in [2.24, 2.45) is 0 Å². The quantitative estimate of drug-likeness (QED) is 0.0320. The van der Waals surface area contributed by atoms with Gasteiger partial charge in [0.05, 0.1) is 25.4 Å². The van der Waals surface area contributed by atoms with E-state index in [0.717, 1.165) is 38.5 Å². The van der Waals surface area contributed by atoms with Crippen molar-refractivity contribution < 1.29 is 24.5 Å². The molecule has 2 atom stereocenters. The number of ether oxygens (including phenoxy) is 1. The minimum atomic E-state index is -0.842. The van der Waals surface area contributed by atoms with Crippen LogP contribution in [0.3, 0.4) is 0 Å². The Morgan fingerprint density at radius 1 is 0.314 bits per heavy atom. The normalized spacial score (nSPS) is 12.5. The lowest BCUT2D eigenvalue weighted by Gasteiger charge is -2.20. The Morgan fingerprint density at radius 3 is 0.791 bits per heavy atom. The molecule has 3 N–H and O–H groups in total. The maximum Gasteiger partial charge on any atom is 0.305 e. The van der Waals surface area contributed by atoms with E-state index in [1.807, 2.05) is 6.08 Å². The lowest BCUT2D eigenvalue weighted by molar-refractivity contribution is -0.143. The number of rotatable bonds is 76. The van der Waals surface area contributed by atoms with Gasteiger partial charge >= 0.3 is 5.97 Å². The van der Waals surface area contributed by atoms with Crippen LogP contribution in [0.5, 0.6) is 0 Å². The van der Waals surface area contributed by atoms with Crippen molar-refractivity contribution in [3.63, 3.8) is 0 Å². The predicted octanol–water partition coefficient (Wildman–Crippen LogP) is 26.3. The average molecular weight is 1210 g/mol. The lowest BCUT2D eigenvalue weighted by atomic mass is 10.0. The van der Waals surface area contributed by atoms with Gasteiger partial charge in [-0.05, 0) is 32.1 Å². The van der Waals surface area contributed by atoms with Crippen LogP contribution in [0, 0.1) is 0 Å². The average Bonchev–Trinajstić information content (AvgIpc) is 3.52. The smallest absolute Gasteiger partial charge is 0.305 e. The van der Waals surface area contributed by atoms with Gasteiger partial charge in [-0.3, -0.25) is 9.59 Å². The molecule has 512 valence electrons. The number of aliphatic hydroxyl groups excluding tert-OH is 2. The van der Waals surface area contributed by atoms with Crippen molar-refractivity contribution in [1.29, 1.82) is 0 Å². The number of aliphatic hydroxyl groups is 2. The van der Waals surface area contributed by atoms with Crippen LogP contribution in [0.1, 0.15) is 463 Å². The highest BCUT2D eigenvalue weighted by molar-refractivity contribution is 5.76. The minimum absolute atomic E-state index is 0.0256. The zero-order valence-electron chi connectivity index (χ0n) is 58.8. The van der Waals surface area contributed by atoms with E-state index in [1.165, 1.54) is 398 Å². The van der Waals surface area contributed by atoms with E-state index >= 15 is 0 Å². The second-order valence-electron chi connectivity index (χ2n) is 27.8. The molecule has 0 aromatic rings. The third-order valence-corrected chi connectivity index (χ3v) is 19.1. The molecule has 0 aromatic heterocycles. The van der Waals surface area contributed by atoms with Crippen molar-refractivity contribution in [1.82, 2.24) is 5.32 Å². The molecule has 0 spiro atoms. The summed E-state index contributed by atoms with van der Waals surface area (Å²) in [5.74, 6) is -0.0323. The Balaban J connectivity index is 3.33. The van der Waals surface area contributed by atoms with Crippen LogP contribution >= 0.6 is 0 Å². The zero-order valence-corrected chi connectivity index (χ0v) is 58.8. The Labute approximate surface area is 539 Å². The Morgan fingerprint density at radius 2 is 0.535 bits per heavy atom. The second-order valence-corrected chi connectivity index (χ2v) is 27.8. The summed E-state index contributed by atoms with van der Waals surface area (Å²) >= 11 is 0. The van der Waals surface area contributed by atoms with Crippen molar-refractivity contribution >= 4 is 11.9 Å². The first-order valence-corrected chi connectivity index (χ1v) is 40.0. The molecule has 86 heavy (non-hydrogen) atoms. The van der Waals surface area contributed by atoms with Crippen LogP contribution in [0.2, 0.25) is 0 Å². The molecule has 2 unspecified atom stereocenters. The van der Waals surface area contributed by atoms with Gasteiger partial charge in [-0.1, -0.05) is 431 Å². The van der Waals surface area contributed by atoms with E-state index in [2.05, 4.69) is 19.2 Å². The number of nitrogens with one attached hydrogen (secondary N) is 1. The van der Waals surface area contributed by atoms with Crippen LogP contribution < -0.4 is 5.32 Å². The van der Waals surface area contributed by atoms with Gasteiger partial charge in [0.1, 0.15) is 0 Å². The summed E-state index contributed by atoms with van der Waals surface area (Å²) in [4.78, 5) is 24.6. The van der Waals surface area contributed by atoms with Crippen LogP contribution in [0.15, 0.2) is 12.2 Å². The van der Waals surface area contributed by atoms with Gasteiger partial charge in [0.25, 0.3) is 0 Å². The molecule has 0 heterocycles. The first kappa shape index (κ1) is 84.6. The monoisotopic (exact) mass is 1210 g/mol. The Bertz CT molecular complexity index is 1300. The number of hydrogen-bond acceptors (Lipinski definition) is 5. The molecule has 6 heteroatoms. The molecule has 1 amide bonds. The Hall–Kier alpha value is -1.40. The maximum absolute atomic E-state index is 12.5. The summed E-state index contributed by atoms with van der Waals surface area (Å²) in [5, 5.41) is 23.3. The topological polar surface area (TPSA) is 95.9 Å². The molecule has 0 fully saturated rings. The molecule has 0 radical (unpaired) electrons.